The van der Waals surface area contributed by atoms with Crippen molar-refractivity contribution in [3.05, 3.63) is 51.9 Å². The first-order chi connectivity index (χ1) is 14.3. The van der Waals surface area contributed by atoms with Gasteiger partial charge in [0.25, 0.3) is 0 Å². The molecule has 1 aromatic heterocycles. The fourth-order valence-corrected chi connectivity index (χ4v) is 5.92. The van der Waals surface area contributed by atoms with Gasteiger partial charge >= 0.3 is 5.69 Å². The average molecular weight is 438 g/mol. The second-order valence-electron chi connectivity index (χ2n) is 7.83. The highest BCUT2D eigenvalue weighted by molar-refractivity contribution is 7.90. The number of benzene rings is 1. The van der Waals surface area contributed by atoms with Gasteiger partial charge in [-0.3, -0.25) is 4.57 Å². The van der Waals surface area contributed by atoms with Gasteiger partial charge < -0.3 is 9.64 Å². The molecule has 0 N–H and O–H groups in total. The zero-order valence-corrected chi connectivity index (χ0v) is 16.8. The van der Waals surface area contributed by atoms with Crippen molar-refractivity contribution >= 4 is 15.8 Å². The van der Waals surface area contributed by atoms with Gasteiger partial charge in [-0.05, 0) is 30.5 Å². The summed E-state index contributed by atoms with van der Waals surface area (Å²) in [6.45, 7) is 1.48. The Hall–Kier alpha value is -2.53. The van der Waals surface area contributed by atoms with Crippen LogP contribution in [0.4, 0.5) is 14.6 Å². The molecular weight excluding hydrogens is 418 g/mol. The van der Waals surface area contributed by atoms with Crippen LogP contribution in [0.15, 0.2) is 29.1 Å². The number of hydrogen-bond donors (Lipinski definition) is 0. The Balaban J connectivity index is 1.33. The highest BCUT2D eigenvalue weighted by atomic mass is 32.2. The third kappa shape index (κ3) is 3.35. The second kappa shape index (κ2) is 7.02. The quantitative estimate of drug-likeness (QED) is 0.695. The van der Waals surface area contributed by atoms with E-state index in [0.29, 0.717) is 37.6 Å². The summed E-state index contributed by atoms with van der Waals surface area (Å²) in [4.78, 5) is 18.4. The molecule has 1 unspecified atom stereocenters. The van der Waals surface area contributed by atoms with Crippen LogP contribution in [0.2, 0.25) is 0 Å². The molecule has 11 heteroatoms. The Labute approximate surface area is 171 Å². The fourth-order valence-electron chi connectivity index (χ4n) is 4.05. The highest BCUT2D eigenvalue weighted by Gasteiger charge is 2.45. The Kier molecular flexibility index (Phi) is 4.55. The van der Waals surface area contributed by atoms with Gasteiger partial charge in [0.05, 0.1) is 17.8 Å². The van der Waals surface area contributed by atoms with Crippen LogP contribution in [-0.4, -0.2) is 53.2 Å². The number of fused-ring (bicyclic) bond motifs is 3. The van der Waals surface area contributed by atoms with Crippen molar-refractivity contribution in [2.45, 2.75) is 37.3 Å². The van der Waals surface area contributed by atoms with Gasteiger partial charge in [-0.2, -0.15) is 9.29 Å². The molecule has 1 atom stereocenters. The molecule has 8 nitrogen and oxygen atoms in total. The van der Waals surface area contributed by atoms with E-state index < -0.39 is 27.3 Å². The zero-order valence-electron chi connectivity index (χ0n) is 16.0. The fraction of sp³-hybridized carbons (Fsp3) is 0.474. The van der Waals surface area contributed by atoms with E-state index in [1.165, 1.54) is 14.9 Å². The van der Waals surface area contributed by atoms with Crippen LogP contribution in [0.3, 0.4) is 0 Å². The van der Waals surface area contributed by atoms with Crippen molar-refractivity contribution in [1.82, 2.24) is 13.9 Å². The number of piperazine rings is 1. The van der Waals surface area contributed by atoms with E-state index in [0.717, 1.165) is 25.0 Å². The van der Waals surface area contributed by atoms with Crippen LogP contribution in [0, 0.1) is 11.6 Å². The highest BCUT2D eigenvalue weighted by Crippen LogP contribution is 2.35. The SMILES string of the molecule is O=c1nc(OCc2ccc(F)c(F)c2)cc2n1CC1CN(S(=O)(=O)C3CC3)CCN21. The lowest BCUT2D eigenvalue weighted by atomic mass is 10.2. The predicted octanol–water partition coefficient (Wildman–Crippen LogP) is 1.10. The molecule has 3 aliphatic rings. The summed E-state index contributed by atoms with van der Waals surface area (Å²) in [5, 5.41) is -0.256. The summed E-state index contributed by atoms with van der Waals surface area (Å²) < 4.78 is 60.1. The van der Waals surface area contributed by atoms with E-state index >= 15 is 0 Å². The van der Waals surface area contributed by atoms with E-state index in [1.807, 2.05) is 4.90 Å². The number of nitrogens with zero attached hydrogens (tertiary/aromatic N) is 4. The molecule has 5 rings (SSSR count). The number of rotatable bonds is 5. The summed E-state index contributed by atoms with van der Waals surface area (Å²) in [7, 11) is -3.26. The predicted molar refractivity (Wildman–Crippen MR) is 104 cm³/mol. The van der Waals surface area contributed by atoms with E-state index in [4.69, 9.17) is 4.74 Å². The number of hydrogen-bond acceptors (Lipinski definition) is 6. The number of ether oxygens (including phenoxy) is 1. The number of anilines is 1. The average Bonchev–Trinajstić information content (AvgIpc) is 3.51. The Morgan fingerprint density at radius 3 is 2.63 bits per heavy atom. The Morgan fingerprint density at radius 1 is 1.10 bits per heavy atom. The van der Waals surface area contributed by atoms with Crippen LogP contribution in [0.1, 0.15) is 18.4 Å². The third-order valence-electron chi connectivity index (χ3n) is 5.78. The van der Waals surface area contributed by atoms with Crippen molar-refractivity contribution in [1.29, 1.82) is 0 Å². The van der Waals surface area contributed by atoms with Crippen molar-refractivity contribution in [3.8, 4) is 5.88 Å². The molecule has 1 aliphatic carbocycles. The standard InChI is InChI=1S/C19H20F2N4O4S/c20-15-4-1-12(7-16(15)21)11-29-17-8-18-24-6-5-23(30(27,28)14-2-3-14)9-13(24)10-25(18)19(26)22-17/h1,4,7-8,13-14H,2-3,5-6,9-11H2. The van der Waals surface area contributed by atoms with Crippen LogP contribution in [-0.2, 0) is 23.2 Å². The van der Waals surface area contributed by atoms with Gasteiger partial charge in [0.1, 0.15) is 12.4 Å². The van der Waals surface area contributed by atoms with Crippen molar-refractivity contribution in [2.75, 3.05) is 24.5 Å². The molecule has 2 aromatic rings. The lowest BCUT2D eigenvalue weighted by Gasteiger charge is -2.37. The van der Waals surface area contributed by atoms with Gasteiger partial charge in [0, 0.05) is 25.7 Å². The molecule has 160 valence electrons. The topological polar surface area (TPSA) is 84.7 Å². The maximum absolute atomic E-state index is 13.4. The molecule has 3 heterocycles. The smallest absolute Gasteiger partial charge is 0.352 e. The van der Waals surface area contributed by atoms with Crippen molar-refractivity contribution < 1.29 is 21.9 Å². The molecule has 0 radical (unpaired) electrons. The van der Waals surface area contributed by atoms with Gasteiger partial charge in [-0.1, -0.05) is 6.07 Å². The number of aromatic nitrogens is 2. The molecule has 0 amide bonds. The van der Waals surface area contributed by atoms with Crippen LogP contribution in [0.25, 0.3) is 0 Å². The Morgan fingerprint density at radius 2 is 1.90 bits per heavy atom. The third-order valence-corrected chi connectivity index (χ3v) is 8.14. The van der Waals surface area contributed by atoms with Crippen molar-refractivity contribution in [2.24, 2.45) is 0 Å². The summed E-state index contributed by atoms with van der Waals surface area (Å²) in [5.74, 6) is -1.20. The van der Waals surface area contributed by atoms with E-state index in [9.17, 15) is 22.0 Å². The minimum atomic E-state index is -3.26. The van der Waals surface area contributed by atoms with Gasteiger partial charge in [0.2, 0.25) is 15.9 Å². The molecular formula is C19H20F2N4O4S. The number of halogens is 2. The first kappa shape index (κ1) is 19.4. The second-order valence-corrected chi connectivity index (χ2v) is 10.0. The van der Waals surface area contributed by atoms with Crippen LogP contribution in [0.5, 0.6) is 5.88 Å². The minimum Gasteiger partial charge on any atom is -0.473 e. The van der Waals surface area contributed by atoms with Crippen molar-refractivity contribution in [3.63, 3.8) is 0 Å². The summed E-state index contributed by atoms with van der Waals surface area (Å²) in [6, 6.07) is 4.94. The van der Waals surface area contributed by atoms with Crippen LogP contribution < -0.4 is 15.3 Å². The first-order valence-electron chi connectivity index (χ1n) is 9.77. The van der Waals surface area contributed by atoms with E-state index in [2.05, 4.69) is 4.98 Å². The van der Waals surface area contributed by atoms with Gasteiger partial charge in [0.15, 0.2) is 11.6 Å². The molecule has 2 fully saturated rings. The zero-order chi connectivity index (χ0) is 21.0. The molecule has 1 aromatic carbocycles. The maximum atomic E-state index is 13.4. The van der Waals surface area contributed by atoms with Gasteiger partial charge in [-0.25, -0.2) is 22.0 Å². The molecule has 0 spiro atoms. The Bertz CT molecular complexity index is 1170. The lowest BCUT2D eigenvalue weighted by Crippen LogP contribution is -2.54. The monoisotopic (exact) mass is 438 g/mol. The molecule has 30 heavy (non-hydrogen) atoms. The first-order valence-corrected chi connectivity index (χ1v) is 11.3. The summed E-state index contributed by atoms with van der Waals surface area (Å²) >= 11 is 0. The summed E-state index contributed by atoms with van der Waals surface area (Å²) in [6.07, 6.45) is 1.44. The lowest BCUT2D eigenvalue weighted by molar-refractivity contribution is 0.290. The van der Waals surface area contributed by atoms with E-state index in [-0.39, 0.29) is 23.8 Å². The largest absolute Gasteiger partial charge is 0.473 e. The maximum Gasteiger partial charge on any atom is 0.352 e. The van der Waals surface area contributed by atoms with Crippen LogP contribution >= 0.6 is 0 Å². The molecule has 2 aliphatic heterocycles. The molecule has 1 saturated carbocycles. The molecule has 0 bridgehead atoms. The minimum absolute atomic E-state index is 0.0655. The number of sulfonamides is 1. The normalized spacial score (nSPS) is 21.4. The van der Waals surface area contributed by atoms with E-state index in [1.54, 1.807) is 6.07 Å². The molecule has 1 saturated heterocycles. The van der Waals surface area contributed by atoms with Gasteiger partial charge in [-0.15, -0.1) is 0 Å². The summed E-state index contributed by atoms with van der Waals surface area (Å²) in [5.41, 5.74) is -0.0770.